The Labute approximate surface area is 137 Å². The van der Waals surface area contributed by atoms with Gasteiger partial charge in [0, 0.05) is 23.8 Å². The van der Waals surface area contributed by atoms with Gasteiger partial charge in [-0.25, -0.2) is 4.98 Å². The number of aryl methyl sites for hydroxylation is 1. The number of benzene rings is 1. The van der Waals surface area contributed by atoms with Crippen molar-refractivity contribution in [2.45, 2.75) is 19.8 Å². The number of hydrogen-bond donors (Lipinski definition) is 1. The minimum atomic E-state index is -0.384. The molecule has 3 rings (SSSR count). The van der Waals surface area contributed by atoms with Crippen LogP contribution in [0.15, 0.2) is 46.7 Å². The van der Waals surface area contributed by atoms with Crippen LogP contribution in [0.4, 0.5) is 0 Å². The van der Waals surface area contributed by atoms with Gasteiger partial charge < -0.3 is 5.32 Å². The van der Waals surface area contributed by atoms with Crippen molar-refractivity contribution in [1.82, 2.24) is 14.7 Å². The van der Waals surface area contributed by atoms with Crippen molar-refractivity contribution < 1.29 is 4.79 Å². The van der Waals surface area contributed by atoms with Gasteiger partial charge in [0.1, 0.15) is 5.56 Å². The van der Waals surface area contributed by atoms with Crippen LogP contribution in [0.3, 0.4) is 0 Å². The molecular weight excluding hydrogens is 310 g/mol. The first-order valence-electron chi connectivity index (χ1n) is 7.37. The second kappa shape index (κ2) is 6.34. The van der Waals surface area contributed by atoms with Crippen LogP contribution in [0.5, 0.6) is 0 Å². The lowest BCUT2D eigenvalue weighted by molar-refractivity contribution is 0.0949. The molecule has 0 saturated heterocycles. The smallest absolute Gasteiger partial charge is 0.271 e. The van der Waals surface area contributed by atoms with E-state index in [0.717, 1.165) is 11.3 Å². The van der Waals surface area contributed by atoms with E-state index < -0.39 is 0 Å². The van der Waals surface area contributed by atoms with E-state index in [1.54, 1.807) is 0 Å². The molecule has 1 aromatic carbocycles. The number of hydrogen-bond acceptors (Lipinski definition) is 4. The summed E-state index contributed by atoms with van der Waals surface area (Å²) in [7, 11) is 0. The van der Waals surface area contributed by atoms with Gasteiger partial charge in [0.25, 0.3) is 11.5 Å². The van der Waals surface area contributed by atoms with Crippen molar-refractivity contribution >= 4 is 22.2 Å². The molecule has 1 amide bonds. The molecule has 6 heteroatoms. The van der Waals surface area contributed by atoms with E-state index in [1.807, 2.05) is 49.6 Å². The average Bonchev–Trinajstić information content (AvgIpc) is 2.95. The predicted octanol–water partition coefficient (Wildman–Crippen LogP) is 2.60. The first-order valence-corrected chi connectivity index (χ1v) is 8.25. The van der Waals surface area contributed by atoms with E-state index in [2.05, 4.69) is 10.3 Å². The van der Waals surface area contributed by atoms with Crippen molar-refractivity contribution in [3.05, 3.63) is 69.1 Å². The van der Waals surface area contributed by atoms with Gasteiger partial charge >= 0.3 is 0 Å². The Kier molecular flexibility index (Phi) is 4.25. The number of fused-ring (bicyclic) bond motifs is 1. The second-order valence-electron chi connectivity index (χ2n) is 5.49. The molecule has 118 valence electrons. The zero-order valence-electron chi connectivity index (χ0n) is 12.9. The summed E-state index contributed by atoms with van der Waals surface area (Å²) in [6.07, 6.45) is 1.36. The molecule has 23 heavy (non-hydrogen) atoms. The first-order chi connectivity index (χ1) is 11.1. The van der Waals surface area contributed by atoms with Crippen molar-refractivity contribution in [2.24, 2.45) is 0 Å². The summed E-state index contributed by atoms with van der Waals surface area (Å²) in [5.41, 5.74) is 1.68. The second-order valence-corrected chi connectivity index (χ2v) is 6.33. The van der Waals surface area contributed by atoms with Crippen LogP contribution in [0.2, 0.25) is 0 Å². The molecule has 0 bridgehead atoms. The topological polar surface area (TPSA) is 63.5 Å². The predicted molar refractivity (Wildman–Crippen MR) is 91.3 cm³/mol. The summed E-state index contributed by atoms with van der Waals surface area (Å²) in [5, 5.41) is 4.68. The molecule has 0 unspecified atom stereocenters. The largest absolute Gasteiger partial charge is 0.351 e. The lowest BCUT2D eigenvalue weighted by atomic mass is 10.0. The zero-order valence-corrected chi connectivity index (χ0v) is 13.8. The average molecular weight is 327 g/mol. The molecule has 0 saturated carbocycles. The number of aromatic nitrogens is 2. The highest BCUT2D eigenvalue weighted by molar-refractivity contribution is 7.15. The Hall–Kier alpha value is -2.47. The summed E-state index contributed by atoms with van der Waals surface area (Å²) in [6, 6.07) is 9.94. The van der Waals surface area contributed by atoms with E-state index in [9.17, 15) is 9.59 Å². The van der Waals surface area contributed by atoms with Gasteiger partial charge in [-0.1, -0.05) is 37.3 Å². The Morgan fingerprint density at radius 2 is 2.09 bits per heavy atom. The number of carbonyl (C=O) groups is 1. The first kappa shape index (κ1) is 15.4. The van der Waals surface area contributed by atoms with Crippen molar-refractivity contribution in [3.63, 3.8) is 0 Å². The molecule has 0 aliphatic rings. The maximum absolute atomic E-state index is 12.4. The van der Waals surface area contributed by atoms with Gasteiger partial charge in [-0.05, 0) is 18.4 Å². The normalized spacial score (nSPS) is 12.3. The molecule has 0 aliphatic carbocycles. The van der Waals surface area contributed by atoms with Crippen LogP contribution in [-0.4, -0.2) is 21.8 Å². The highest BCUT2D eigenvalue weighted by Gasteiger charge is 2.16. The van der Waals surface area contributed by atoms with Crippen LogP contribution in [-0.2, 0) is 0 Å². The Bertz CT molecular complexity index is 899. The van der Waals surface area contributed by atoms with E-state index in [4.69, 9.17) is 0 Å². The summed E-state index contributed by atoms with van der Waals surface area (Å²) in [5.74, 6) is -0.215. The van der Waals surface area contributed by atoms with E-state index >= 15 is 0 Å². The maximum Gasteiger partial charge on any atom is 0.271 e. The molecule has 0 spiro atoms. The molecule has 2 aromatic heterocycles. The quantitative estimate of drug-likeness (QED) is 0.801. The van der Waals surface area contributed by atoms with E-state index in [1.165, 1.54) is 21.9 Å². The van der Waals surface area contributed by atoms with Crippen molar-refractivity contribution in [2.75, 3.05) is 6.54 Å². The fraction of sp³-hybridized carbons (Fsp3) is 0.235. The standard InChI is InChI=1S/C17H17N3O2S/c1-11(13-6-4-3-5-7-13)8-18-15(21)14-9-19-17-20(16(14)22)12(2)10-23-17/h3-7,9-11H,8H2,1-2H3,(H,18,21)/t11-/m0/s1. The molecule has 0 fully saturated rings. The van der Waals surface area contributed by atoms with Gasteiger partial charge in [0.2, 0.25) is 0 Å². The fourth-order valence-corrected chi connectivity index (χ4v) is 3.25. The van der Waals surface area contributed by atoms with E-state index in [-0.39, 0.29) is 22.9 Å². The lowest BCUT2D eigenvalue weighted by Crippen LogP contribution is -2.33. The summed E-state index contributed by atoms with van der Waals surface area (Å²) >= 11 is 1.38. The number of thiazole rings is 1. The van der Waals surface area contributed by atoms with Crippen LogP contribution < -0.4 is 10.9 Å². The lowest BCUT2D eigenvalue weighted by Gasteiger charge is -2.12. The molecule has 2 heterocycles. The number of carbonyl (C=O) groups excluding carboxylic acids is 1. The third kappa shape index (κ3) is 3.03. The minimum Gasteiger partial charge on any atom is -0.351 e. The molecule has 1 N–H and O–H groups in total. The minimum absolute atomic E-state index is 0.0734. The third-order valence-electron chi connectivity index (χ3n) is 3.80. The van der Waals surface area contributed by atoms with Gasteiger partial charge in [-0.15, -0.1) is 11.3 Å². The van der Waals surface area contributed by atoms with Crippen LogP contribution in [0, 0.1) is 6.92 Å². The molecular formula is C17H17N3O2S. The van der Waals surface area contributed by atoms with Gasteiger partial charge in [-0.3, -0.25) is 14.0 Å². The number of nitrogens with zero attached hydrogens (tertiary/aromatic N) is 2. The molecule has 1 atom stereocenters. The SMILES string of the molecule is Cc1csc2ncc(C(=O)NC[C@H](C)c3ccccc3)c(=O)n12. The van der Waals surface area contributed by atoms with Crippen molar-refractivity contribution in [3.8, 4) is 0 Å². The van der Waals surface area contributed by atoms with Crippen molar-refractivity contribution in [1.29, 1.82) is 0 Å². The maximum atomic E-state index is 12.4. The molecule has 5 nitrogen and oxygen atoms in total. The third-order valence-corrected chi connectivity index (χ3v) is 4.76. The van der Waals surface area contributed by atoms with Gasteiger partial charge in [0.05, 0.1) is 0 Å². The molecule has 0 aliphatic heterocycles. The monoisotopic (exact) mass is 327 g/mol. The number of nitrogens with one attached hydrogen (secondary N) is 1. The summed E-state index contributed by atoms with van der Waals surface area (Å²) < 4.78 is 1.47. The Morgan fingerprint density at radius 1 is 1.35 bits per heavy atom. The van der Waals surface area contributed by atoms with Gasteiger partial charge in [-0.2, -0.15) is 0 Å². The van der Waals surface area contributed by atoms with Crippen LogP contribution in [0.25, 0.3) is 4.96 Å². The number of amides is 1. The highest BCUT2D eigenvalue weighted by Crippen LogP contribution is 2.14. The van der Waals surface area contributed by atoms with Crippen LogP contribution >= 0.6 is 11.3 Å². The molecule has 0 radical (unpaired) electrons. The van der Waals surface area contributed by atoms with Crippen LogP contribution in [0.1, 0.15) is 34.5 Å². The molecule has 3 aromatic rings. The number of rotatable bonds is 4. The highest BCUT2D eigenvalue weighted by atomic mass is 32.1. The zero-order chi connectivity index (χ0) is 16.4. The Morgan fingerprint density at radius 3 is 2.83 bits per heavy atom. The fourth-order valence-electron chi connectivity index (χ4n) is 2.42. The van der Waals surface area contributed by atoms with E-state index in [0.29, 0.717) is 11.5 Å². The Balaban J connectivity index is 1.77. The summed E-state index contributed by atoms with van der Waals surface area (Å²) in [6.45, 7) is 4.33. The van der Waals surface area contributed by atoms with Gasteiger partial charge in [0.15, 0.2) is 4.96 Å². The summed E-state index contributed by atoms with van der Waals surface area (Å²) in [4.78, 5) is 29.5.